The number of oxazole rings is 1. The maximum Gasteiger partial charge on any atom is 0.229 e. The zero-order chi connectivity index (χ0) is 15.8. The maximum atomic E-state index is 6.25. The molecular weight excluding hydrogens is 310 g/mol. The number of rotatable bonds is 2. The molecule has 4 aromatic rings. The highest BCUT2D eigenvalue weighted by atomic mass is 35.5. The highest BCUT2D eigenvalue weighted by Gasteiger charge is 2.15. The second kappa shape index (κ2) is 5.48. The molecule has 0 aliphatic rings. The van der Waals surface area contributed by atoms with E-state index in [1.165, 1.54) is 5.56 Å². The molecule has 0 aliphatic carbocycles. The van der Waals surface area contributed by atoms with Gasteiger partial charge in [-0.2, -0.15) is 4.98 Å². The van der Waals surface area contributed by atoms with Crippen molar-refractivity contribution in [3.8, 4) is 22.8 Å². The third kappa shape index (κ3) is 2.58. The van der Waals surface area contributed by atoms with E-state index in [-0.39, 0.29) is 5.15 Å². The number of hydrogen-bond donors (Lipinski definition) is 0. The van der Waals surface area contributed by atoms with E-state index < -0.39 is 0 Å². The van der Waals surface area contributed by atoms with Crippen LogP contribution in [0, 0.1) is 6.92 Å². The number of aryl methyl sites for hydroxylation is 1. The Morgan fingerprint density at radius 1 is 0.826 bits per heavy atom. The van der Waals surface area contributed by atoms with E-state index in [0.29, 0.717) is 22.9 Å². The summed E-state index contributed by atoms with van der Waals surface area (Å²) in [6.45, 7) is 2.03. The van der Waals surface area contributed by atoms with Crippen molar-refractivity contribution in [3.05, 3.63) is 65.3 Å². The lowest BCUT2D eigenvalue weighted by molar-refractivity contribution is 0.618. The van der Waals surface area contributed by atoms with Gasteiger partial charge in [0.2, 0.25) is 17.1 Å². The van der Waals surface area contributed by atoms with Crippen molar-refractivity contribution >= 4 is 22.8 Å². The minimum absolute atomic E-state index is 0.264. The summed E-state index contributed by atoms with van der Waals surface area (Å²) in [6, 6.07) is 17.6. The fourth-order valence-electron chi connectivity index (χ4n) is 2.33. The summed E-state index contributed by atoms with van der Waals surface area (Å²) in [4.78, 5) is 13.2. The molecule has 2 aromatic heterocycles. The van der Waals surface area contributed by atoms with Gasteiger partial charge in [0.05, 0.1) is 0 Å². The van der Waals surface area contributed by atoms with Crippen LogP contribution in [0.4, 0.5) is 0 Å². The molecule has 0 aliphatic heterocycles. The summed E-state index contributed by atoms with van der Waals surface area (Å²) in [5.41, 5.74) is 3.80. The molecule has 23 heavy (non-hydrogen) atoms. The van der Waals surface area contributed by atoms with Gasteiger partial charge >= 0.3 is 0 Å². The van der Waals surface area contributed by atoms with E-state index in [9.17, 15) is 0 Å². The van der Waals surface area contributed by atoms with Crippen LogP contribution in [0.15, 0.2) is 59.0 Å². The second-order valence-corrected chi connectivity index (χ2v) is 5.60. The van der Waals surface area contributed by atoms with Crippen molar-refractivity contribution < 1.29 is 4.42 Å². The van der Waals surface area contributed by atoms with Crippen molar-refractivity contribution in [2.45, 2.75) is 6.92 Å². The van der Waals surface area contributed by atoms with Crippen molar-refractivity contribution in [1.82, 2.24) is 15.0 Å². The molecule has 112 valence electrons. The standard InChI is InChI=1S/C18H12ClN3O/c1-11-7-9-13(10-8-11)18-22-17-14(23-18)15(19)20-16(21-17)12-5-3-2-4-6-12/h2-10H,1H3. The van der Waals surface area contributed by atoms with E-state index >= 15 is 0 Å². The molecule has 0 bridgehead atoms. The van der Waals surface area contributed by atoms with Gasteiger partial charge in [0.25, 0.3) is 0 Å². The molecule has 0 atom stereocenters. The molecule has 4 rings (SSSR count). The Bertz CT molecular complexity index is 979. The molecule has 0 amide bonds. The summed E-state index contributed by atoms with van der Waals surface area (Å²) in [6.07, 6.45) is 0. The van der Waals surface area contributed by atoms with Crippen LogP contribution in [0.3, 0.4) is 0 Å². The fourth-order valence-corrected chi connectivity index (χ4v) is 2.53. The van der Waals surface area contributed by atoms with Crippen LogP contribution in [0.2, 0.25) is 5.15 Å². The van der Waals surface area contributed by atoms with Crippen molar-refractivity contribution in [2.75, 3.05) is 0 Å². The molecule has 5 heteroatoms. The van der Waals surface area contributed by atoms with Crippen LogP contribution in [-0.4, -0.2) is 15.0 Å². The van der Waals surface area contributed by atoms with Gasteiger partial charge in [-0.05, 0) is 19.1 Å². The first kappa shape index (κ1) is 13.9. The van der Waals surface area contributed by atoms with Crippen molar-refractivity contribution in [1.29, 1.82) is 0 Å². The van der Waals surface area contributed by atoms with E-state index in [0.717, 1.165) is 11.1 Å². The minimum atomic E-state index is 0.264. The number of hydrogen-bond acceptors (Lipinski definition) is 4. The highest BCUT2D eigenvalue weighted by Crippen LogP contribution is 2.29. The molecule has 0 spiro atoms. The zero-order valence-corrected chi connectivity index (χ0v) is 13.1. The third-order valence-corrected chi connectivity index (χ3v) is 3.80. The summed E-state index contributed by atoms with van der Waals surface area (Å²) < 4.78 is 5.75. The molecule has 2 heterocycles. The molecular formula is C18H12ClN3O. The normalized spacial score (nSPS) is 11.0. The fraction of sp³-hybridized carbons (Fsp3) is 0.0556. The summed E-state index contributed by atoms with van der Waals surface area (Å²) in [5, 5.41) is 0.264. The van der Waals surface area contributed by atoms with Gasteiger partial charge in [-0.25, -0.2) is 9.97 Å². The third-order valence-electron chi connectivity index (χ3n) is 3.54. The molecule has 0 radical (unpaired) electrons. The van der Waals surface area contributed by atoms with Crippen molar-refractivity contribution in [3.63, 3.8) is 0 Å². The number of aromatic nitrogens is 3. The van der Waals surface area contributed by atoms with Crippen LogP contribution in [0.1, 0.15) is 5.56 Å². The predicted octanol–water partition coefficient (Wildman–Crippen LogP) is 4.91. The Morgan fingerprint density at radius 2 is 1.57 bits per heavy atom. The van der Waals surface area contributed by atoms with E-state index in [1.807, 2.05) is 61.5 Å². The molecule has 0 fully saturated rings. The Hall–Kier alpha value is -2.72. The van der Waals surface area contributed by atoms with Crippen LogP contribution in [-0.2, 0) is 0 Å². The summed E-state index contributed by atoms with van der Waals surface area (Å²) in [5.74, 6) is 1.02. The van der Waals surface area contributed by atoms with Crippen LogP contribution in [0.25, 0.3) is 34.1 Å². The van der Waals surface area contributed by atoms with E-state index in [1.54, 1.807) is 0 Å². The molecule has 0 saturated carbocycles. The highest BCUT2D eigenvalue weighted by molar-refractivity contribution is 6.33. The van der Waals surface area contributed by atoms with Crippen molar-refractivity contribution in [2.24, 2.45) is 0 Å². The lowest BCUT2D eigenvalue weighted by Gasteiger charge is -1.99. The second-order valence-electron chi connectivity index (χ2n) is 5.24. The van der Waals surface area contributed by atoms with Gasteiger partial charge in [-0.3, -0.25) is 0 Å². The maximum absolute atomic E-state index is 6.25. The quantitative estimate of drug-likeness (QED) is 0.492. The van der Waals surface area contributed by atoms with Gasteiger partial charge in [0.15, 0.2) is 11.0 Å². The van der Waals surface area contributed by atoms with Gasteiger partial charge in [-0.15, -0.1) is 0 Å². The SMILES string of the molecule is Cc1ccc(-c2nc3nc(-c4ccccc4)nc(Cl)c3o2)cc1. The average molecular weight is 322 g/mol. The average Bonchev–Trinajstić information content (AvgIpc) is 3.01. The van der Waals surface area contributed by atoms with Crippen LogP contribution in [0.5, 0.6) is 0 Å². The van der Waals surface area contributed by atoms with E-state index in [2.05, 4.69) is 15.0 Å². The zero-order valence-electron chi connectivity index (χ0n) is 12.3. The lowest BCUT2D eigenvalue weighted by atomic mass is 10.1. The molecule has 4 nitrogen and oxygen atoms in total. The topological polar surface area (TPSA) is 51.8 Å². The summed E-state index contributed by atoms with van der Waals surface area (Å²) >= 11 is 6.25. The molecule has 2 aromatic carbocycles. The Morgan fingerprint density at radius 3 is 2.30 bits per heavy atom. The van der Waals surface area contributed by atoms with E-state index in [4.69, 9.17) is 16.0 Å². The van der Waals surface area contributed by atoms with Crippen LogP contribution >= 0.6 is 11.6 Å². The Labute approximate surface area is 137 Å². The number of nitrogens with zero attached hydrogens (tertiary/aromatic N) is 3. The largest absolute Gasteiger partial charge is 0.431 e. The van der Waals surface area contributed by atoms with Gasteiger partial charge < -0.3 is 4.42 Å². The summed E-state index contributed by atoms with van der Waals surface area (Å²) in [7, 11) is 0. The number of benzene rings is 2. The number of halogens is 1. The smallest absolute Gasteiger partial charge is 0.229 e. The van der Waals surface area contributed by atoms with Gasteiger partial charge in [0, 0.05) is 11.1 Å². The Balaban J connectivity index is 1.85. The van der Waals surface area contributed by atoms with Gasteiger partial charge in [0.1, 0.15) is 0 Å². The molecule has 0 saturated heterocycles. The molecule has 0 N–H and O–H groups in total. The first-order chi connectivity index (χ1) is 11.2. The minimum Gasteiger partial charge on any atom is -0.431 e. The first-order valence-corrected chi connectivity index (χ1v) is 7.55. The van der Waals surface area contributed by atoms with Crippen LogP contribution < -0.4 is 0 Å². The lowest BCUT2D eigenvalue weighted by Crippen LogP contribution is -1.90. The Kier molecular flexibility index (Phi) is 3.32. The predicted molar refractivity (Wildman–Crippen MR) is 90.2 cm³/mol. The molecule has 0 unspecified atom stereocenters. The number of fused-ring (bicyclic) bond motifs is 1. The van der Waals surface area contributed by atoms with Gasteiger partial charge in [-0.1, -0.05) is 59.6 Å². The monoisotopic (exact) mass is 321 g/mol. The first-order valence-electron chi connectivity index (χ1n) is 7.17.